The van der Waals surface area contributed by atoms with E-state index >= 15 is 39.5 Å². The summed E-state index contributed by atoms with van der Waals surface area (Å²) in [4.78, 5) is 150. The molecule has 0 radical (unpaired) electrons. The minimum absolute atomic E-state index is 0.0127. The molecule has 0 unspecified atom stereocenters. The lowest BCUT2D eigenvalue weighted by molar-refractivity contribution is -0.132. The van der Waals surface area contributed by atoms with Gasteiger partial charge in [0.1, 0.15) is 70.1 Å². The highest BCUT2D eigenvalue weighted by molar-refractivity contribution is 6.16. The maximum absolute atomic E-state index is 17.2. The standard InChI is InChI=1S/3C34H33F3N6O3/c3*1-7-24(44)41-15-23-33(45)40(6)32-31(42(23)14-18(41)5)19-13-21(36)26(25-20(35)9-8-10-22(25)38)27(37)30(19)43(34(32)46)29-17(4)11-12-39-28(29)16(2)3/h3*7-13,16,18,23H,1,14-15,38H2,2-6H3/t3*18-,23-/m111/s1. The molecule has 12 aromatic rings. The Morgan fingerprint density at radius 2 is 0.594 bits per heavy atom. The molecular weight excluding hydrogens is 1790 g/mol. The summed E-state index contributed by atoms with van der Waals surface area (Å²) >= 11 is 0. The molecule has 714 valence electrons. The van der Waals surface area contributed by atoms with Crippen molar-refractivity contribution in [2.45, 2.75) is 137 Å². The van der Waals surface area contributed by atoms with Gasteiger partial charge in [-0.05, 0) is 167 Å². The molecule has 3 saturated heterocycles. The van der Waals surface area contributed by atoms with Crippen LogP contribution < -0.4 is 63.3 Å². The van der Waals surface area contributed by atoms with Gasteiger partial charge in [0.2, 0.25) is 17.7 Å². The smallest absolute Gasteiger partial charge is 0.281 e. The van der Waals surface area contributed by atoms with Crippen molar-refractivity contribution in [2.75, 3.05) is 107 Å². The Kier molecular flexibility index (Phi) is 25.0. The number of aromatic nitrogens is 6. The highest BCUT2D eigenvalue weighted by Gasteiger charge is 2.51. The highest BCUT2D eigenvalue weighted by atomic mass is 19.2. The molecule has 18 rings (SSSR count). The van der Waals surface area contributed by atoms with E-state index in [0.717, 1.165) is 68.3 Å². The third-order valence-electron chi connectivity index (χ3n) is 26.9. The molecule has 0 saturated carbocycles. The van der Waals surface area contributed by atoms with Gasteiger partial charge in [0.25, 0.3) is 34.4 Å². The second-order valence-electron chi connectivity index (χ2n) is 36.3. The number of anilines is 9. The third kappa shape index (κ3) is 15.0. The molecule has 6 aliphatic rings. The quantitative estimate of drug-likeness (QED) is 0.0581. The number of benzene rings is 6. The van der Waals surface area contributed by atoms with E-state index < -0.39 is 156 Å². The molecule has 6 amide bonds. The van der Waals surface area contributed by atoms with Gasteiger partial charge in [-0.2, -0.15) is 0 Å². The number of carbonyl (C=O) groups excluding carboxylic acids is 6. The van der Waals surface area contributed by atoms with E-state index in [1.54, 1.807) is 93.0 Å². The average molecular weight is 1890 g/mol. The normalized spacial score (nSPS) is 17.8. The fourth-order valence-corrected chi connectivity index (χ4v) is 20.3. The number of piperazine rings is 3. The van der Waals surface area contributed by atoms with Crippen molar-refractivity contribution in [2.24, 2.45) is 0 Å². The van der Waals surface area contributed by atoms with Crippen molar-refractivity contribution in [3.63, 3.8) is 0 Å². The minimum atomic E-state index is -1.20. The number of hydrogen-bond acceptors (Lipinski definition) is 18. The molecule has 0 bridgehead atoms. The van der Waals surface area contributed by atoms with E-state index in [1.165, 1.54) is 86.9 Å². The van der Waals surface area contributed by atoms with Gasteiger partial charge in [-0.3, -0.25) is 71.8 Å². The molecule has 27 nitrogen and oxygen atoms in total. The van der Waals surface area contributed by atoms with Gasteiger partial charge < -0.3 is 61.3 Å². The molecule has 0 aliphatic carbocycles. The fourth-order valence-electron chi connectivity index (χ4n) is 20.3. The van der Waals surface area contributed by atoms with Gasteiger partial charge in [-0.1, -0.05) is 79.5 Å². The van der Waals surface area contributed by atoms with E-state index in [-0.39, 0.29) is 176 Å². The largest absolute Gasteiger partial charge is 0.398 e. The van der Waals surface area contributed by atoms with Gasteiger partial charge in [-0.25, -0.2) is 39.5 Å². The Morgan fingerprint density at radius 3 is 0.812 bits per heavy atom. The number of carbonyl (C=O) groups is 6. The molecular formula is C102H99F9N18O9. The van der Waals surface area contributed by atoms with Crippen LogP contribution in [0.5, 0.6) is 0 Å². The van der Waals surface area contributed by atoms with Gasteiger partial charge in [0.15, 0.2) is 17.5 Å². The Bertz CT molecular complexity index is 6750. The van der Waals surface area contributed by atoms with Crippen molar-refractivity contribution in [3.05, 3.63) is 265 Å². The molecule has 6 aromatic carbocycles. The third-order valence-corrected chi connectivity index (χ3v) is 26.9. The Hall–Kier alpha value is -15.4. The monoisotopic (exact) mass is 1890 g/mol. The Balaban J connectivity index is 0.000000150. The molecule has 3 fully saturated rings. The van der Waals surface area contributed by atoms with Crippen LogP contribution in [0.2, 0.25) is 0 Å². The van der Waals surface area contributed by atoms with Crippen LogP contribution >= 0.6 is 0 Å². The molecule has 138 heavy (non-hydrogen) atoms. The molecule has 6 N–H and O–H groups in total. The summed E-state index contributed by atoms with van der Waals surface area (Å²) in [6.07, 6.45) is 8.21. The zero-order valence-electron chi connectivity index (χ0n) is 78.2. The molecule has 36 heteroatoms. The maximum atomic E-state index is 17.2. The van der Waals surface area contributed by atoms with Crippen molar-refractivity contribution >= 4 is 119 Å². The van der Waals surface area contributed by atoms with E-state index in [0.29, 0.717) is 33.8 Å². The number of fused-ring (bicyclic) bond motifs is 15. The number of likely N-dealkylation sites (N-methyl/N-ethyl adjacent to an activating group) is 3. The fraction of sp³-hybridized carbons (Fsp3) is 0.294. The number of rotatable bonds is 12. The van der Waals surface area contributed by atoms with E-state index in [9.17, 15) is 43.2 Å². The van der Waals surface area contributed by atoms with Gasteiger partial charge in [0, 0.05) is 127 Å². The SMILES string of the molecule is C=CC(=O)N1C[C@@H]2C(=O)N(C)c3c(c4cc(F)c(-c5c(N)cccc5F)c(F)c4n(-c4c(C)ccnc4C(C)C)c3=O)N2C[C@H]1C.C=CC(=O)N1C[C@@H]2C(=O)N(C)c3c(c4cc(F)c(-c5c(N)cccc5F)c(F)c4n(-c4c(C)ccnc4C(C)C)c3=O)N2C[C@H]1C.C=CC(=O)N1C[C@@H]2C(=O)N(C)c3c(c4cc(F)c(-c5c(N)cccc5F)c(F)c4n(-c4c(C)ccnc4C(C)C)c3=O)N2C[C@H]1C. The lowest BCUT2D eigenvalue weighted by atomic mass is 9.94. The van der Waals surface area contributed by atoms with Gasteiger partial charge in [-0.15, -0.1) is 0 Å². The summed E-state index contributed by atoms with van der Waals surface area (Å²) in [5.74, 6) is -12.9. The zero-order chi connectivity index (χ0) is 100. The number of nitrogens with two attached hydrogens (primary N) is 3. The number of halogens is 9. The summed E-state index contributed by atoms with van der Waals surface area (Å²) in [6, 6.07) is 15.1. The van der Waals surface area contributed by atoms with Crippen molar-refractivity contribution in [1.82, 2.24) is 43.4 Å². The summed E-state index contributed by atoms with van der Waals surface area (Å²) in [7, 11) is 4.27. The van der Waals surface area contributed by atoms with Crippen molar-refractivity contribution in [3.8, 4) is 50.4 Å². The lowest BCUT2D eigenvalue weighted by Gasteiger charge is -2.50. The van der Waals surface area contributed by atoms with Gasteiger partial charge >= 0.3 is 0 Å². The summed E-state index contributed by atoms with van der Waals surface area (Å²) in [5.41, 5.74) is 14.9. The van der Waals surface area contributed by atoms with E-state index in [1.807, 2.05) is 41.5 Å². The first kappa shape index (κ1) is 95.8. The second-order valence-corrected chi connectivity index (χ2v) is 36.3. The van der Waals surface area contributed by atoms with Crippen molar-refractivity contribution < 1.29 is 68.3 Å². The summed E-state index contributed by atoms with van der Waals surface area (Å²) in [6.45, 7) is 32.6. The minimum Gasteiger partial charge on any atom is -0.398 e. The van der Waals surface area contributed by atoms with Crippen LogP contribution in [0.4, 0.5) is 90.7 Å². The summed E-state index contributed by atoms with van der Waals surface area (Å²) in [5, 5.41) is -0.0381. The van der Waals surface area contributed by atoms with Crippen LogP contribution in [0, 0.1) is 73.1 Å². The lowest BCUT2D eigenvalue weighted by Crippen LogP contribution is -2.66. The molecule has 6 aromatic heterocycles. The maximum Gasteiger partial charge on any atom is 0.281 e. The number of nitrogen functional groups attached to an aromatic ring is 3. The van der Waals surface area contributed by atoms with E-state index in [4.69, 9.17) is 17.2 Å². The van der Waals surface area contributed by atoms with Gasteiger partial charge in [0.05, 0.1) is 104 Å². The Labute approximate surface area is 786 Å². The average Bonchev–Trinajstić information content (AvgIpc) is 0.705. The van der Waals surface area contributed by atoms with Crippen LogP contribution in [-0.2, 0) is 28.8 Å². The molecule has 6 aliphatic heterocycles. The molecule has 0 spiro atoms. The molecule has 6 atom stereocenters. The van der Waals surface area contributed by atoms with Crippen molar-refractivity contribution in [1.29, 1.82) is 0 Å². The number of amides is 6. The van der Waals surface area contributed by atoms with Crippen LogP contribution in [-0.4, -0.2) is 175 Å². The zero-order valence-corrected chi connectivity index (χ0v) is 78.2. The highest BCUT2D eigenvalue weighted by Crippen LogP contribution is 2.52. The first-order valence-electron chi connectivity index (χ1n) is 44.6. The van der Waals surface area contributed by atoms with Crippen LogP contribution in [0.25, 0.3) is 83.2 Å². The first-order valence-corrected chi connectivity index (χ1v) is 44.6. The number of nitrogens with zero attached hydrogens (tertiary/aromatic N) is 15. The number of aryl methyl sites for hydroxylation is 3. The predicted molar refractivity (Wildman–Crippen MR) is 515 cm³/mol. The van der Waals surface area contributed by atoms with E-state index in [2.05, 4.69) is 34.7 Å². The number of hydrogen-bond donors (Lipinski definition) is 3. The molecule has 12 heterocycles. The number of pyridine rings is 6. The predicted octanol–water partition coefficient (Wildman–Crippen LogP) is 15.2. The Morgan fingerprint density at radius 1 is 0.355 bits per heavy atom. The van der Waals surface area contributed by atoms with Crippen LogP contribution in [0.1, 0.15) is 114 Å². The first-order chi connectivity index (χ1) is 65.4. The summed E-state index contributed by atoms with van der Waals surface area (Å²) < 4.78 is 149. The second kappa shape index (κ2) is 36.0. The van der Waals surface area contributed by atoms with Crippen LogP contribution in [0.15, 0.2) is 162 Å². The van der Waals surface area contributed by atoms with Crippen LogP contribution in [0.3, 0.4) is 0 Å². The topological polar surface area (TPSA) is 314 Å².